The van der Waals surface area contributed by atoms with Crippen molar-refractivity contribution in [2.24, 2.45) is 0 Å². The number of nitrogens with zero attached hydrogens (tertiary/aromatic N) is 3. The van der Waals surface area contributed by atoms with Crippen LogP contribution in [0.5, 0.6) is 0 Å². The van der Waals surface area contributed by atoms with Crippen LogP contribution in [0, 0.1) is 10.1 Å². The van der Waals surface area contributed by atoms with Crippen LogP contribution in [0.1, 0.15) is 13.3 Å². The van der Waals surface area contributed by atoms with Crippen LogP contribution >= 0.6 is 35.0 Å². The van der Waals surface area contributed by atoms with Crippen LogP contribution in [0.2, 0.25) is 10.0 Å². The number of hydrogen-bond donors (Lipinski definition) is 0. The molecular weight excluding hydrogens is 525 g/mol. The molecule has 0 spiro atoms. The Kier molecular flexibility index (Phi) is 9.19. The lowest BCUT2D eigenvalue weighted by Crippen LogP contribution is -2.49. The second-order valence-electron chi connectivity index (χ2n) is 7.40. The minimum absolute atomic E-state index is 0.150. The minimum Gasteiger partial charge on any atom is -0.466 e. The van der Waals surface area contributed by atoms with E-state index in [9.17, 15) is 23.3 Å². The van der Waals surface area contributed by atoms with E-state index in [0.29, 0.717) is 46.1 Å². The summed E-state index contributed by atoms with van der Waals surface area (Å²) in [5.41, 5.74) is -0.319. The van der Waals surface area contributed by atoms with Crippen molar-refractivity contribution in [1.29, 1.82) is 0 Å². The first-order valence-electron chi connectivity index (χ1n) is 10.4. The Morgan fingerprint density at radius 1 is 1.12 bits per heavy atom. The number of halogens is 2. The van der Waals surface area contributed by atoms with Gasteiger partial charge in [-0.05, 0) is 31.2 Å². The molecule has 2 aromatic carbocycles. The smallest absolute Gasteiger partial charge is 0.307 e. The summed E-state index contributed by atoms with van der Waals surface area (Å²) in [6.07, 6.45) is 0.231. The molecule has 1 heterocycles. The van der Waals surface area contributed by atoms with Crippen molar-refractivity contribution in [2.45, 2.75) is 28.0 Å². The predicted molar refractivity (Wildman–Crippen MR) is 130 cm³/mol. The number of nitro groups is 1. The zero-order valence-corrected chi connectivity index (χ0v) is 21.4. The maximum absolute atomic E-state index is 13.5. The van der Waals surface area contributed by atoms with Gasteiger partial charge in [0.15, 0.2) is 0 Å². The van der Waals surface area contributed by atoms with Gasteiger partial charge in [-0.1, -0.05) is 35.0 Å². The zero-order valence-electron chi connectivity index (χ0n) is 18.3. The average Bonchev–Trinajstić information content (AvgIpc) is 2.77. The molecule has 1 aliphatic rings. The van der Waals surface area contributed by atoms with Crippen LogP contribution in [0.25, 0.3) is 0 Å². The first-order chi connectivity index (χ1) is 16.1. The highest BCUT2D eigenvalue weighted by Gasteiger charge is 2.32. The maximum atomic E-state index is 13.5. The standard InChI is InChI=1S/C21H23Cl2N3O6S2/c1-2-32-21(27)5-6-24-7-9-25(10-8-24)34(30,31)20-14-17(26(28)29)3-4-19(20)33-18-12-15(22)11-16(23)13-18/h3-4,11-14H,2,5-10H2,1H3. The molecule has 9 nitrogen and oxygen atoms in total. The highest BCUT2D eigenvalue weighted by Crippen LogP contribution is 2.38. The van der Waals surface area contributed by atoms with Crippen LogP contribution in [0.4, 0.5) is 5.69 Å². The Balaban J connectivity index is 1.82. The number of non-ortho nitro benzene ring substituents is 1. The number of rotatable bonds is 9. The van der Waals surface area contributed by atoms with E-state index in [4.69, 9.17) is 27.9 Å². The number of esters is 1. The van der Waals surface area contributed by atoms with E-state index in [1.54, 1.807) is 25.1 Å². The van der Waals surface area contributed by atoms with E-state index < -0.39 is 14.9 Å². The third-order valence-electron chi connectivity index (χ3n) is 5.09. The lowest BCUT2D eigenvalue weighted by atomic mass is 10.3. The molecule has 0 radical (unpaired) electrons. The second-order valence-corrected chi connectivity index (χ2v) is 11.3. The molecule has 1 fully saturated rings. The van der Waals surface area contributed by atoms with Gasteiger partial charge in [0.05, 0.1) is 18.0 Å². The zero-order chi connectivity index (χ0) is 24.9. The molecule has 2 aromatic rings. The Hall–Kier alpha value is -1.89. The van der Waals surface area contributed by atoms with Gasteiger partial charge in [0.1, 0.15) is 4.90 Å². The van der Waals surface area contributed by atoms with Crippen molar-refractivity contribution in [3.8, 4) is 0 Å². The molecule has 1 aliphatic heterocycles. The van der Waals surface area contributed by atoms with Gasteiger partial charge in [-0.2, -0.15) is 4.31 Å². The maximum Gasteiger partial charge on any atom is 0.307 e. The van der Waals surface area contributed by atoms with E-state index in [1.807, 2.05) is 4.90 Å². The quantitative estimate of drug-likeness (QED) is 0.259. The SMILES string of the molecule is CCOC(=O)CCN1CCN(S(=O)(=O)c2cc([N+](=O)[O-])ccc2Sc2cc(Cl)cc(Cl)c2)CC1. The minimum atomic E-state index is -4.03. The number of nitro benzene ring substituents is 1. The number of piperazine rings is 1. The summed E-state index contributed by atoms with van der Waals surface area (Å²) >= 11 is 13.2. The molecular formula is C21H23Cl2N3O6S2. The van der Waals surface area contributed by atoms with Crippen LogP contribution in [-0.4, -0.2) is 67.8 Å². The summed E-state index contributed by atoms with van der Waals surface area (Å²) in [6.45, 7) is 3.78. The average molecular weight is 548 g/mol. The van der Waals surface area contributed by atoms with E-state index >= 15 is 0 Å². The van der Waals surface area contributed by atoms with E-state index in [2.05, 4.69) is 0 Å². The topological polar surface area (TPSA) is 110 Å². The van der Waals surface area contributed by atoms with Gasteiger partial charge in [0.25, 0.3) is 5.69 Å². The summed E-state index contributed by atoms with van der Waals surface area (Å²) < 4.78 is 33.3. The highest BCUT2D eigenvalue weighted by molar-refractivity contribution is 8.00. The normalized spacial score (nSPS) is 15.3. The molecule has 0 N–H and O–H groups in total. The second kappa shape index (κ2) is 11.7. The van der Waals surface area contributed by atoms with Gasteiger partial charge in [-0.25, -0.2) is 8.42 Å². The highest BCUT2D eigenvalue weighted by atomic mass is 35.5. The van der Waals surface area contributed by atoms with E-state index in [0.717, 1.165) is 17.8 Å². The van der Waals surface area contributed by atoms with Crippen LogP contribution in [0.15, 0.2) is 51.1 Å². The van der Waals surface area contributed by atoms with Crippen LogP contribution in [0.3, 0.4) is 0 Å². The van der Waals surface area contributed by atoms with Crippen molar-refractivity contribution in [1.82, 2.24) is 9.21 Å². The van der Waals surface area contributed by atoms with Crippen molar-refractivity contribution in [2.75, 3.05) is 39.3 Å². The molecule has 13 heteroatoms. The van der Waals surface area contributed by atoms with Gasteiger partial charge in [-0.3, -0.25) is 14.9 Å². The molecule has 1 saturated heterocycles. The van der Waals surface area contributed by atoms with Gasteiger partial charge < -0.3 is 9.64 Å². The summed E-state index contributed by atoms with van der Waals surface area (Å²) in [5, 5.41) is 12.1. The molecule has 0 aliphatic carbocycles. The van der Waals surface area contributed by atoms with Crippen LogP contribution in [-0.2, 0) is 19.6 Å². The molecule has 0 saturated carbocycles. The van der Waals surface area contributed by atoms with Crippen LogP contribution < -0.4 is 0 Å². The lowest BCUT2D eigenvalue weighted by Gasteiger charge is -2.34. The number of ether oxygens (including phenoxy) is 1. The van der Waals surface area contributed by atoms with Gasteiger partial charge in [0, 0.05) is 64.7 Å². The van der Waals surface area contributed by atoms with Crippen molar-refractivity contribution in [3.05, 3.63) is 56.6 Å². The fourth-order valence-electron chi connectivity index (χ4n) is 3.43. The summed E-state index contributed by atoms with van der Waals surface area (Å²) in [6, 6.07) is 8.59. The molecule has 0 bridgehead atoms. The lowest BCUT2D eigenvalue weighted by molar-refractivity contribution is -0.385. The fourth-order valence-corrected chi connectivity index (χ4v) is 6.96. The molecule has 0 unspecified atom stereocenters. The van der Waals surface area contributed by atoms with Gasteiger partial charge in [0.2, 0.25) is 10.0 Å². The Labute approximate surface area is 212 Å². The summed E-state index contributed by atoms with van der Waals surface area (Å²) in [7, 11) is -4.03. The fraction of sp³-hybridized carbons (Fsp3) is 0.381. The predicted octanol–water partition coefficient (Wildman–Crippen LogP) is 4.31. The number of carbonyl (C=O) groups excluding carboxylic acids is 1. The molecule has 0 atom stereocenters. The first kappa shape index (κ1) is 26.7. The number of hydrogen-bond acceptors (Lipinski definition) is 8. The number of carbonyl (C=O) groups is 1. The summed E-state index contributed by atoms with van der Waals surface area (Å²) in [5.74, 6) is -0.295. The Morgan fingerprint density at radius 3 is 2.35 bits per heavy atom. The Bertz CT molecular complexity index is 1150. The molecule has 0 amide bonds. The first-order valence-corrected chi connectivity index (χ1v) is 13.4. The largest absolute Gasteiger partial charge is 0.466 e. The van der Waals surface area contributed by atoms with Crippen molar-refractivity contribution < 1.29 is 22.9 Å². The number of benzene rings is 2. The van der Waals surface area contributed by atoms with Gasteiger partial charge >= 0.3 is 5.97 Å². The molecule has 184 valence electrons. The third kappa shape index (κ3) is 6.83. The third-order valence-corrected chi connectivity index (χ3v) is 8.64. The molecule has 34 heavy (non-hydrogen) atoms. The van der Waals surface area contributed by atoms with Crippen molar-refractivity contribution in [3.63, 3.8) is 0 Å². The number of sulfonamides is 1. The molecule has 0 aromatic heterocycles. The van der Waals surface area contributed by atoms with E-state index in [-0.39, 0.29) is 36.1 Å². The molecule has 3 rings (SSSR count). The van der Waals surface area contributed by atoms with Gasteiger partial charge in [-0.15, -0.1) is 0 Å². The van der Waals surface area contributed by atoms with Crippen molar-refractivity contribution >= 4 is 56.6 Å². The monoisotopic (exact) mass is 547 g/mol. The van der Waals surface area contributed by atoms with E-state index in [1.165, 1.54) is 16.4 Å². The summed E-state index contributed by atoms with van der Waals surface area (Å²) in [4.78, 5) is 25.1. The Morgan fingerprint density at radius 2 is 1.76 bits per heavy atom.